The van der Waals surface area contributed by atoms with Crippen molar-refractivity contribution in [1.82, 2.24) is 24.9 Å². The number of aryl methyl sites for hydroxylation is 1. The first-order valence-electron chi connectivity index (χ1n) is 9.98. The van der Waals surface area contributed by atoms with E-state index in [4.69, 9.17) is 4.52 Å². The molecule has 178 valence electrons. The summed E-state index contributed by atoms with van der Waals surface area (Å²) in [6, 6.07) is 10.5. The maximum Gasteiger partial charge on any atom is 0.483 e. The molecule has 1 atom stereocenters. The van der Waals surface area contributed by atoms with Crippen LogP contribution in [0.1, 0.15) is 11.3 Å². The summed E-state index contributed by atoms with van der Waals surface area (Å²) >= 11 is 0. The van der Waals surface area contributed by atoms with Gasteiger partial charge in [0.25, 0.3) is 5.89 Å². The molecule has 0 fully saturated rings. The number of benzene rings is 1. The minimum Gasteiger partial charge on any atom is -0.373 e. The van der Waals surface area contributed by atoms with Gasteiger partial charge in [-0.25, -0.2) is 13.6 Å². The van der Waals surface area contributed by atoms with Crippen LogP contribution in [0.5, 0.6) is 0 Å². The first-order valence-corrected chi connectivity index (χ1v) is 11.5. The van der Waals surface area contributed by atoms with E-state index in [1.807, 2.05) is 19.1 Å². The zero-order valence-corrected chi connectivity index (χ0v) is 19.2. The lowest BCUT2D eigenvalue weighted by molar-refractivity contribution is -0.0403. The van der Waals surface area contributed by atoms with Crippen molar-refractivity contribution < 1.29 is 21.9 Å². The number of hydrogen-bond donors (Lipinski definition) is 1. The summed E-state index contributed by atoms with van der Waals surface area (Å²) in [4.78, 5) is 8.15. The second-order valence-electron chi connectivity index (χ2n) is 7.23. The monoisotopic (exact) mass is 491 g/mol. The Bertz CT molecular complexity index is 1420. The third-order valence-electron chi connectivity index (χ3n) is 5.04. The lowest BCUT2D eigenvalue weighted by Crippen LogP contribution is -2.23. The lowest BCUT2D eigenvalue weighted by atomic mass is 10.2. The van der Waals surface area contributed by atoms with Crippen LogP contribution >= 0.6 is 0 Å². The SMILES string of the molecule is CN=S(=O)(c1ccc(-c2noc(-c3cc(C)n(Cc4ccc(NC)nc4)n3)n2)cc1)C(F)(F)F. The number of pyridine rings is 1. The quantitative estimate of drug-likeness (QED) is 0.426. The van der Waals surface area contributed by atoms with Crippen LogP contribution in [-0.2, 0) is 16.3 Å². The highest BCUT2D eigenvalue weighted by Gasteiger charge is 2.44. The molecule has 34 heavy (non-hydrogen) atoms. The third-order valence-corrected chi connectivity index (χ3v) is 7.10. The number of aromatic nitrogens is 5. The molecule has 3 heterocycles. The van der Waals surface area contributed by atoms with Crippen LogP contribution in [0.3, 0.4) is 0 Å². The van der Waals surface area contributed by atoms with E-state index < -0.39 is 20.1 Å². The van der Waals surface area contributed by atoms with Crippen molar-refractivity contribution in [3.8, 4) is 23.0 Å². The molecule has 0 spiro atoms. The van der Waals surface area contributed by atoms with Crippen LogP contribution in [0.2, 0.25) is 0 Å². The predicted octanol–water partition coefficient (Wildman–Crippen LogP) is 4.37. The molecule has 13 heteroatoms. The highest BCUT2D eigenvalue weighted by Crippen LogP contribution is 2.33. The summed E-state index contributed by atoms with van der Waals surface area (Å²) < 4.78 is 62.0. The van der Waals surface area contributed by atoms with Gasteiger partial charge in [-0.15, -0.1) is 0 Å². The van der Waals surface area contributed by atoms with E-state index in [1.54, 1.807) is 24.0 Å². The van der Waals surface area contributed by atoms with Gasteiger partial charge in [-0.1, -0.05) is 11.2 Å². The number of alkyl halides is 3. The molecule has 0 aliphatic heterocycles. The minimum atomic E-state index is -4.98. The summed E-state index contributed by atoms with van der Waals surface area (Å²) in [7, 11) is -1.88. The first kappa shape index (κ1) is 23.4. The van der Waals surface area contributed by atoms with Crippen LogP contribution in [0.15, 0.2) is 62.4 Å². The van der Waals surface area contributed by atoms with Gasteiger partial charge in [0.05, 0.1) is 11.4 Å². The molecule has 3 aromatic heterocycles. The summed E-state index contributed by atoms with van der Waals surface area (Å²) in [6.45, 7) is 2.38. The van der Waals surface area contributed by atoms with Crippen LogP contribution in [0.25, 0.3) is 23.0 Å². The van der Waals surface area contributed by atoms with Gasteiger partial charge in [0.2, 0.25) is 5.82 Å². The zero-order chi connectivity index (χ0) is 24.5. The zero-order valence-electron chi connectivity index (χ0n) is 18.4. The largest absolute Gasteiger partial charge is 0.483 e. The Hall–Kier alpha value is -3.74. The van der Waals surface area contributed by atoms with Crippen molar-refractivity contribution in [2.24, 2.45) is 4.36 Å². The molecular weight excluding hydrogens is 471 g/mol. The van der Waals surface area contributed by atoms with Crippen molar-refractivity contribution in [1.29, 1.82) is 0 Å². The number of halogens is 3. The van der Waals surface area contributed by atoms with Crippen molar-refractivity contribution in [2.75, 3.05) is 19.4 Å². The Balaban J connectivity index is 1.56. The van der Waals surface area contributed by atoms with E-state index in [1.165, 1.54) is 12.1 Å². The van der Waals surface area contributed by atoms with E-state index in [-0.39, 0.29) is 11.7 Å². The Labute approximate surface area is 193 Å². The second-order valence-corrected chi connectivity index (χ2v) is 9.58. The van der Waals surface area contributed by atoms with Gasteiger partial charge in [-0.2, -0.15) is 23.3 Å². The van der Waals surface area contributed by atoms with Crippen molar-refractivity contribution in [2.45, 2.75) is 23.9 Å². The minimum absolute atomic E-state index is 0.159. The molecular formula is C21H20F3N7O2S. The molecule has 9 nitrogen and oxygen atoms in total. The predicted molar refractivity (Wildman–Crippen MR) is 119 cm³/mol. The number of nitrogens with one attached hydrogen (secondary N) is 1. The molecule has 4 rings (SSSR count). The first-order chi connectivity index (χ1) is 16.1. The van der Waals surface area contributed by atoms with E-state index in [9.17, 15) is 17.4 Å². The van der Waals surface area contributed by atoms with Gasteiger partial charge < -0.3 is 9.84 Å². The third kappa shape index (κ3) is 4.38. The van der Waals surface area contributed by atoms with E-state index in [0.717, 1.165) is 36.3 Å². The molecule has 0 saturated carbocycles. The Kier molecular flexibility index (Phi) is 6.13. The lowest BCUT2D eigenvalue weighted by Gasteiger charge is -2.12. The van der Waals surface area contributed by atoms with Crippen molar-refractivity contribution >= 4 is 15.5 Å². The molecule has 1 unspecified atom stereocenters. The molecule has 0 aliphatic carbocycles. The smallest absolute Gasteiger partial charge is 0.373 e. The molecule has 0 saturated heterocycles. The van der Waals surface area contributed by atoms with Crippen LogP contribution in [0.4, 0.5) is 19.0 Å². The topological polar surface area (TPSA) is 111 Å². The maximum absolute atomic E-state index is 13.2. The molecule has 4 aromatic rings. The van der Waals surface area contributed by atoms with Crippen LogP contribution < -0.4 is 5.32 Å². The highest BCUT2D eigenvalue weighted by atomic mass is 32.2. The standard InChI is InChI=1S/C21H20F3N7O2S/c1-13-10-17(29-31(13)12-14-4-9-18(25-2)27-11-14)20-28-19(30-33-20)15-5-7-16(8-6-15)34(32,26-3)21(22,23)24/h4-11H,12H2,1-3H3,(H,25,27). The van der Waals surface area contributed by atoms with Gasteiger partial charge in [0.15, 0.2) is 15.4 Å². The van der Waals surface area contributed by atoms with Gasteiger partial charge in [-0.3, -0.25) is 4.68 Å². The van der Waals surface area contributed by atoms with Crippen LogP contribution in [0, 0.1) is 6.92 Å². The second kappa shape index (κ2) is 8.89. The van der Waals surface area contributed by atoms with Gasteiger partial charge >= 0.3 is 5.51 Å². The molecule has 1 N–H and O–H groups in total. The van der Waals surface area contributed by atoms with E-state index >= 15 is 0 Å². The van der Waals surface area contributed by atoms with Crippen LogP contribution in [-0.4, -0.2) is 48.7 Å². The molecule has 0 aliphatic rings. The summed E-state index contributed by atoms with van der Waals surface area (Å²) in [6.07, 6.45) is 1.75. The Morgan fingerprint density at radius 3 is 2.50 bits per heavy atom. The fourth-order valence-corrected chi connectivity index (χ4v) is 4.38. The molecule has 0 amide bonds. The van der Waals surface area contributed by atoms with Gasteiger partial charge in [0.1, 0.15) is 5.82 Å². The molecule has 0 bridgehead atoms. The molecule has 1 aromatic carbocycles. The summed E-state index contributed by atoms with van der Waals surface area (Å²) in [5.41, 5.74) is -2.31. The number of anilines is 1. The number of nitrogens with zero attached hydrogens (tertiary/aromatic N) is 6. The Morgan fingerprint density at radius 2 is 1.91 bits per heavy atom. The number of hydrogen-bond acceptors (Lipinski definition) is 8. The van der Waals surface area contributed by atoms with Gasteiger partial charge in [0, 0.05) is 31.5 Å². The normalized spacial score (nSPS) is 13.5. The fourth-order valence-electron chi connectivity index (χ4n) is 3.19. The molecule has 0 radical (unpaired) electrons. The average molecular weight is 491 g/mol. The maximum atomic E-state index is 13.2. The van der Waals surface area contributed by atoms with E-state index in [2.05, 4.69) is 29.9 Å². The highest BCUT2D eigenvalue weighted by molar-refractivity contribution is 7.94. The fraction of sp³-hybridized carbons (Fsp3) is 0.238. The Morgan fingerprint density at radius 1 is 1.18 bits per heavy atom. The van der Waals surface area contributed by atoms with Crippen molar-refractivity contribution in [3.05, 3.63) is 59.9 Å². The van der Waals surface area contributed by atoms with E-state index in [0.29, 0.717) is 17.8 Å². The number of rotatable bonds is 6. The summed E-state index contributed by atoms with van der Waals surface area (Å²) in [5, 5.41) is 11.4. The average Bonchev–Trinajstić information content (AvgIpc) is 3.46. The van der Waals surface area contributed by atoms with Gasteiger partial charge in [-0.05, 0) is 48.9 Å². The van der Waals surface area contributed by atoms with Crippen molar-refractivity contribution in [3.63, 3.8) is 0 Å². The summed E-state index contributed by atoms with van der Waals surface area (Å²) in [5.74, 6) is 1.08.